The van der Waals surface area contributed by atoms with Crippen LogP contribution in [0, 0.1) is 16.7 Å². The quantitative estimate of drug-likeness (QED) is 0.265. The first kappa shape index (κ1) is 27.7. The van der Waals surface area contributed by atoms with Crippen molar-refractivity contribution in [2.24, 2.45) is 16.7 Å². The summed E-state index contributed by atoms with van der Waals surface area (Å²) in [6.07, 6.45) is -4.18. The number of aliphatic hydroxyl groups is 8. The third kappa shape index (κ3) is 3.73. The van der Waals surface area contributed by atoms with Gasteiger partial charge in [0.25, 0.3) is 0 Å². The van der Waals surface area contributed by atoms with Crippen LogP contribution in [-0.2, 0) is 4.79 Å². The molecule has 0 spiro atoms. The summed E-state index contributed by atoms with van der Waals surface area (Å²) in [4.78, 5) is 13.6. The maximum Gasteiger partial charge on any atom is 0.226 e. The number of hydrogen-bond acceptors (Lipinski definition) is 9. The van der Waals surface area contributed by atoms with Gasteiger partial charge in [0.1, 0.15) is 5.60 Å². The van der Waals surface area contributed by atoms with E-state index in [-0.39, 0.29) is 61.7 Å². The van der Waals surface area contributed by atoms with E-state index in [4.69, 9.17) is 0 Å². The number of allylic oxidation sites excluding steroid dienone is 1. The maximum absolute atomic E-state index is 13.6. The largest absolute Gasteiger partial charge is 0.504 e. The van der Waals surface area contributed by atoms with Crippen LogP contribution in [0.5, 0.6) is 0 Å². The van der Waals surface area contributed by atoms with Gasteiger partial charge in [0.05, 0.1) is 35.6 Å². The van der Waals surface area contributed by atoms with Crippen molar-refractivity contribution in [2.45, 2.75) is 121 Å². The molecule has 2 saturated carbocycles. The number of fused-ring (bicyclic) bond motifs is 4. The number of carbonyl (C=O) groups is 1. The molecule has 9 heteroatoms. The molecule has 204 valence electrons. The van der Waals surface area contributed by atoms with E-state index in [0.717, 1.165) is 0 Å². The molecule has 0 saturated heterocycles. The average Bonchev–Trinajstić information content (AvgIpc) is 3.04. The van der Waals surface area contributed by atoms with Crippen LogP contribution < -0.4 is 0 Å². The number of ketones is 1. The Hall–Kier alpha value is -1.33. The van der Waals surface area contributed by atoms with E-state index in [1.54, 1.807) is 27.7 Å². The number of hydrogen-bond donors (Lipinski definition) is 8. The summed E-state index contributed by atoms with van der Waals surface area (Å²) in [5.74, 6) is -2.06. The van der Waals surface area contributed by atoms with Gasteiger partial charge in [-0.1, -0.05) is 13.8 Å². The SMILES string of the molecule is CC(C)(O)CC[C@@H](O)[C@](C)(O)[C@H]1C[C@H](O)C2=C3C(=O)C(O)=C4C[C@@H](O)[C@@H](O)C[C@]4(C)[C@@]3(O)CC[C@@]21C. The van der Waals surface area contributed by atoms with E-state index in [1.165, 1.54) is 6.92 Å². The van der Waals surface area contributed by atoms with Gasteiger partial charge in [0.2, 0.25) is 5.78 Å². The van der Waals surface area contributed by atoms with Crippen molar-refractivity contribution in [2.75, 3.05) is 0 Å². The molecule has 4 aliphatic carbocycles. The van der Waals surface area contributed by atoms with E-state index in [9.17, 15) is 45.6 Å². The van der Waals surface area contributed by atoms with Crippen molar-refractivity contribution < 1.29 is 45.6 Å². The summed E-state index contributed by atoms with van der Waals surface area (Å²) < 4.78 is 0. The molecule has 0 amide bonds. The van der Waals surface area contributed by atoms with Crippen LogP contribution in [0.1, 0.15) is 79.6 Å². The fraction of sp³-hybridized carbons (Fsp3) is 0.815. The lowest BCUT2D eigenvalue weighted by Gasteiger charge is -2.58. The molecule has 0 heterocycles. The molecule has 0 aromatic rings. The zero-order valence-corrected chi connectivity index (χ0v) is 21.8. The lowest BCUT2D eigenvalue weighted by molar-refractivity contribution is -0.148. The van der Waals surface area contributed by atoms with E-state index in [1.807, 2.05) is 0 Å². The molecule has 0 bridgehead atoms. The standard InChI is InChI=1S/C27H42O9/c1-23(2,34)7-6-18(31)26(5,35)17-11-15(29)19-20-22(33)21(32)13-10-14(28)16(30)12-25(13,4)27(20,36)9-8-24(17,19)3/h14-18,28-32,34-36H,6-12H2,1-5H3/t14-,15+,16+,17+,18-,24-,25+,26-,27-/m1/s1. The molecular weight excluding hydrogens is 468 g/mol. The molecule has 4 aliphatic rings. The van der Waals surface area contributed by atoms with Crippen molar-refractivity contribution in [3.8, 4) is 0 Å². The minimum absolute atomic E-state index is 0.0423. The smallest absolute Gasteiger partial charge is 0.226 e. The van der Waals surface area contributed by atoms with Gasteiger partial charge in [-0.15, -0.1) is 0 Å². The zero-order chi connectivity index (χ0) is 27.2. The number of aliphatic hydroxyl groups excluding tert-OH is 5. The Kier molecular flexibility index (Phi) is 6.41. The van der Waals surface area contributed by atoms with Crippen LogP contribution in [-0.4, -0.2) is 87.9 Å². The van der Waals surface area contributed by atoms with Crippen molar-refractivity contribution in [1.29, 1.82) is 0 Å². The lowest BCUT2D eigenvalue weighted by Crippen LogP contribution is -2.62. The second-order valence-electron chi connectivity index (χ2n) is 13.0. The summed E-state index contributed by atoms with van der Waals surface area (Å²) in [5.41, 5.74) is -6.32. The average molecular weight is 511 g/mol. The van der Waals surface area contributed by atoms with Crippen LogP contribution in [0.3, 0.4) is 0 Å². The van der Waals surface area contributed by atoms with Gasteiger partial charge in [0.15, 0.2) is 5.76 Å². The number of Topliss-reactive ketones (excluding diaryl/α,β-unsaturated/α-hetero) is 1. The van der Waals surface area contributed by atoms with Crippen molar-refractivity contribution in [3.05, 3.63) is 22.5 Å². The monoisotopic (exact) mass is 510 g/mol. The van der Waals surface area contributed by atoms with Crippen molar-refractivity contribution >= 4 is 5.78 Å². The van der Waals surface area contributed by atoms with E-state index >= 15 is 0 Å². The third-order valence-corrected chi connectivity index (χ3v) is 10.1. The van der Waals surface area contributed by atoms with Crippen molar-refractivity contribution in [3.63, 3.8) is 0 Å². The predicted octanol–water partition coefficient (Wildman–Crippen LogP) is 0.775. The summed E-state index contributed by atoms with van der Waals surface area (Å²) in [6, 6.07) is 0. The fourth-order valence-corrected chi connectivity index (χ4v) is 7.76. The van der Waals surface area contributed by atoms with Gasteiger partial charge < -0.3 is 40.9 Å². The van der Waals surface area contributed by atoms with Gasteiger partial charge in [-0.05, 0) is 75.9 Å². The Morgan fingerprint density at radius 2 is 1.67 bits per heavy atom. The summed E-state index contributed by atoms with van der Waals surface area (Å²) >= 11 is 0. The third-order valence-electron chi connectivity index (χ3n) is 10.1. The van der Waals surface area contributed by atoms with Crippen LogP contribution >= 0.6 is 0 Å². The topological polar surface area (TPSA) is 179 Å². The predicted molar refractivity (Wildman–Crippen MR) is 130 cm³/mol. The van der Waals surface area contributed by atoms with E-state index in [0.29, 0.717) is 0 Å². The molecule has 0 aliphatic heterocycles. The van der Waals surface area contributed by atoms with Crippen LogP contribution in [0.2, 0.25) is 0 Å². The highest BCUT2D eigenvalue weighted by Crippen LogP contribution is 2.66. The van der Waals surface area contributed by atoms with E-state index in [2.05, 4.69) is 0 Å². The fourth-order valence-electron chi connectivity index (χ4n) is 7.76. The van der Waals surface area contributed by atoms with Gasteiger partial charge >= 0.3 is 0 Å². The second kappa shape index (κ2) is 8.33. The molecule has 36 heavy (non-hydrogen) atoms. The molecule has 0 radical (unpaired) electrons. The Balaban J connectivity index is 1.82. The molecule has 0 aromatic carbocycles. The molecular formula is C27H42O9. The number of rotatable bonds is 5. The normalized spacial score (nSPS) is 43.6. The number of carbonyl (C=O) groups excluding carboxylic acids is 1. The summed E-state index contributed by atoms with van der Waals surface area (Å²) in [5, 5.41) is 87.6. The molecule has 4 rings (SSSR count). The molecule has 9 nitrogen and oxygen atoms in total. The second-order valence-corrected chi connectivity index (χ2v) is 13.0. The zero-order valence-electron chi connectivity index (χ0n) is 21.8. The Morgan fingerprint density at radius 1 is 1.06 bits per heavy atom. The first-order valence-corrected chi connectivity index (χ1v) is 12.9. The Morgan fingerprint density at radius 3 is 2.25 bits per heavy atom. The van der Waals surface area contributed by atoms with Gasteiger partial charge in [-0.2, -0.15) is 0 Å². The first-order chi connectivity index (χ1) is 16.3. The van der Waals surface area contributed by atoms with Gasteiger partial charge in [0, 0.05) is 23.3 Å². The molecule has 2 fully saturated rings. The first-order valence-electron chi connectivity index (χ1n) is 12.9. The van der Waals surface area contributed by atoms with Crippen LogP contribution in [0.25, 0.3) is 0 Å². The minimum Gasteiger partial charge on any atom is -0.504 e. The summed E-state index contributed by atoms with van der Waals surface area (Å²) in [6.45, 7) is 8.20. The molecule has 9 atom stereocenters. The highest BCUT2D eigenvalue weighted by molar-refractivity contribution is 6.11. The van der Waals surface area contributed by atoms with Gasteiger partial charge in [-0.3, -0.25) is 4.79 Å². The Labute approximate surface area is 211 Å². The van der Waals surface area contributed by atoms with Crippen molar-refractivity contribution in [1.82, 2.24) is 0 Å². The highest BCUT2D eigenvalue weighted by Gasteiger charge is 2.68. The van der Waals surface area contributed by atoms with E-state index < -0.39 is 69.5 Å². The minimum atomic E-state index is -1.79. The lowest BCUT2D eigenvalue weighted by atomic mass is 9.48. The highest BCUT2D eigenvalue weighted by atomic mass is 16.3. The molecule has 0 aromatic heterocycles. The van der Waals surface area contributed by atoms with Crippen LogP contribution in [0.4, 0.5) is 0 Å². The van der Waals surface area contributed by atoms with Gasteiger partial charge in [-0.25, -0.2) is 0 Å². The summed E-state index contributed by atoms with van der Waals surface area (Å²) in [7, 11) is 0. The molecule has 8 N–H and O–H groups in total. The Bertz CT molecular complexity index is 1010. The van der Waals surface area contributed by atoms with Crippen LogP contribution in [0.15, 0.2) is 22.5 Å². The molecule has 0 unspecified atom stereocenters. The maximum atomic E-state index is 13.6.